The number of aromatic nitrogens is 2. The van der Waals surface area contributed by atoms with Crippen molar-refractivity contribution < 1.29 is 0 Å². The molecule has 1 rings (SSSR count). The quantitative estimate of drug-likeness (QED) is 0.783. The summed E-state index contributed by atoms with van der Waals surface area (Å²) < 4.78 is 1.59. The fraction of sp³-hybridized carbons (Fsp3) is 0.455. The van der Waals surface area contributed by atoms with Crippen LogP contribution in [-0.4, -0.2) is 9.55 Å². The molecule has 88 valence electrons. The van der Waals surface area contributed by atoms with Crippen molar-refractivity contribution in [2.24, 2.45) is 0 Å². The molecule has 0 unspecified atom stereocenters. The van der Waals surface area contributed by atoms with Gasteiger partial charge >= 0.3 is 0 Å². The van der Waals surface area contributed by atoms with Gasteiger partial charge in [0.25, 0.3) is 5.56 Å². The number of hydrogen-bond acceptors (Lipinski definition) is 2. The lowest BCUT2D eigenvalue weighted by molar-refractivity contribution is 0.620. The number of hydrogen-bond donors (Lipinski definition) is 0. The third-order valence-corrected chi connectivity index (χ3v) is 2.68. The summed E-state index contributed by atoms with van der Waals surface area (Å²) >= 11 is 11.4. The molecule has 0 spiro atoms. The Morgan fingerprint density at radius 3 is 2.75 bits per heavy atom. The van der Waals surface area contributed by atoms with Crippen LogP contribution in [0.3, 0.4) is 0 Å². The van der Waals surface area contributed by atoms with Gasteiger partial charge in [0.15, 0.2) is 0 Å². The molecule has 0 saturated carbocycles. The van der Waals surface area contributed by atoms with Crippen molar-refractivity contribution in [2.75, 3.05) is 0 Å². The second kappa shape index (κ2) is 5.51. The van der Waals surface area contributed by atoms with Gasteiger partial charge in [-0.25, -0.2) is 4.98 Å². The van der Waals surface area contributed by atoms with E-state index < -0.39 is 0 Å². The Hall–Kier alpha value is -0.800. The maximum Gasteiger partial charge on any atom is 0.255 e. The van der Waals surface area contributed by atoms with Gasteiger partial charge in [-0.05, 0) is 12.5 Å². The van der Waals surface area contributed by atoms with E-state index >= 15 is 0 Å². The van der Waals surface area contributed by atoms with Crippen LogP contribution in [0.2, 0.25) is 5.15 Å². The second-order valence-electron chi connectivity index (χ2n) is 3.97. The lowest BCUT2D eigenvalue weighted by atomic mass is 10.2. The highest BCUT2D eigenvalue weighted by molar-refractivity contribution is 6.29. The molecular formula is C11H14Cl2N2O. The summed E-state index contributed by atoms with van der Waals surface area (Å²) in [4.78, 5) is 16.0. The van der Waals surface area contributed by atoms with Gasteiger partial charge in [-0.15, -0.1) is 0 Å². The number of nitrogens with zero attached hydrogens (tertiary/aromatic N) is 2. The standard InChI is InChI=1S/C11H14Cl2N2O/c1-7(2)11-14-9(13)4-10(16)15(11)6-8(3)5-12/h4-5,7H,6H2,1-3H3. The fourth-order valence-electron chi connectivity index (χ4n) is 1.38. The molecular weight excluding hydrogens is 247 g/mol. The van der Waals surface area contributed by atoms with Crippen molar-refractivity contribution in [1.82, 2.24) is 9.55 Å². The molecule has 16 heavy (non-hydrogen) atoms. The highest BCUT2D eigenvalue weighted by Gasteiger charge is 2.11. The molecule has 0 aromatic carbocycles. The van der Waals surface area contributed by atoms with Crippen molar-refractivity contribution in [3.8, 4) is 0 Å². The summed E-state index contributed by atoms with van der Waals surface area (Å²) in [6.45, 7) is 6.24. The Kier molecular flexibility index (Phi) is 4.56. The highest BCUT2D eigenvalue weighted by Crippen LogP contribution is 2.14. The topological polar surface area (TPSA) is 34.9 Å². The molecule has 1 heterocycles. The fourth-order valence-corrected chi connectivity index (χ4v) is 1.63. The van der Waals surface area contributed by atoms with E-state index in [1.54, 1.807) is 4.57 Å². The Morgan fingerprint density at radius 2 is 2.25 bits per heavy atom. The van der Waals surface area contributed by atoms with Crippen molar-refractivity contribution >= 4 is 23.2 Å². The lowest BCUT2D eigenvalue weighted by Gasteiger charge is -2.14. The molecule has 0 aliphatic carbocycles. The Labute approximate surface area is 105 Å². The zero-order chi connectivity index (χ0) is 12.3. The molecule has 0 bridgehead atoms. The van der Waals surface area contributed by atoms with E-state index in [1.165, 1.54) is 11.6 Å². The molecule has 1 aromatic heterocycles. The van der Waals surface area contributed by atoms with E-state index in [0.717, 1.165) is 5.57 Å². The average Bonchev–Trinajstić information content (AvgIpc) is 2.20. The largest absolute Gasteiger partial charge is 0.292 e. The Morgan fingerprint density at radius 1 is 1.62 bits per heavy atom. The maximum atomic E-state index is 11.8. The van der Waals surface area contributed by atoms with Gasteiger partial charge in [-0.3, -0.25) is 9.36 Å². The van der Waals surface area contributed by atoms with Crippen LogP contribution in [0, 0.1) is 0 Å². The lowest BCUT2D eigenvalue weighted by Crippen LogP contribution is -2.25. The smallest absolute Gasteiger partial charge is 0.255 e. The van der Waals surface area contributed by atoms with Crippen LogP contribution in [0.1, 0.15) is 32.5 Å². The van der Waals surface area contributed by atoms with Crippen LogP contribution in [0.15, 0.2) is 22.0 Å². The molecule has 0 radical (unpaired) electrons. The molecule has 0 aliphatic heterocycles. The van der Waals surface area contributed by atoms with Gasteiger partial charge in [0.05, 0.1) is 0 Å². The van der Waals surface area contributed by atoms with Crippen molar-refractivity contribution in [3.05, 3.63) is 38.5 Å². The second-order valence-corrected chi connectivity index (χ2v) is 4.58. The maximum absolute atomic E-state index is 11.8. The van der Waals surface area contributed by atoms with Crippen LogP contribution in [0.25, 0.3) is 0 Å². The van der Waals surface area contributed by atoms with Gasteiger partial charge in [0.1, 0.15) is 11.0 Å². The van der Waals surface area contributed by atoms with E-state index in [4.69, 9.17) is 23.2 Å². The number of halogens is 2. The molecule has 5 heteroatoms. The molecule has 0 amide bonds. The molecule has 0 N–H and O–H groups in total. The third-order valence-electron chi connectivity index (χ3n) is 2.12. The normalized spacial score (nSPS) is 12.2. The summed E-state index contributed by atoms with van der Waals surface area (Å²) in [5.74, 6) is 0.810. The summed E-state index contributed by atoms with van der Waals surface area (Å²) in [6.07, 6.45) is 0. The first-order valence-electron chi connectivity index (χ1n) is 4.98. The van der Waals surface area contributed by atoms with Crippen molar-refractivity contribution in [2.45, 2.75) is 33.2 Å². The van der Waals surface area contributed by atoms with Crippen LogP contribution >= 0.6 is 23.2 Å². The van der Waals surface area contributed by atoms with Crippen molar-refractivity contribution in [3.63, 3.8) is 0 Å². The molecule has 0 saturated heterocycles. The zero-order valence-electron chi connectivity index (χ0n) is 9.50. The SMILES string of the molecule is CC(=CCl)Cn1c(C(C)C)nc(Cl)cc1=O. The predicted octanol–water partition coefficient (Wildman–Crippen LogP) is 3.16. The molecule has 3 nitrogen and oxygen atoms in total. The third kappa shape index (κ3) is 3.09. The molecule has 0 atom stereocenters. The summed E-state index contributed by atoms with van der Waals surface area (Å²) in [5, 5.41) is 0.234. The molecule has 0 fully saturated rings. The van der Waals surface area contributed by atoms with E-state index in [0.29, 0.717) is 12.4 Å². The summed E-state index contributed by atoms with van der Waals surface area (Å²) in [6, 6.07) is 1.31. The first-order chi connectivity index (χ1) is 7.45. The van der Waals surface area contributed by atoms with Gasteiger partial charge < -0.3 is 0 Å². The summed E-state index contributed by atoms with van der Waals surface area (Å²) in [7, 11) is 0. The zero-order valence-corrected chi connectivity index (χ0v) is 11.0. The molecule has 0 aliphatic rings. The van der Waals surface area contributed by atoms with Crippen LogP contribution in [0.4, 0.5) is 0 Å². The van der Waals surface area contributed by atoms with Crippen molar-refractivity contribution in [1.29, 1.82) is 0 Å². The minimum atomic E-state index is -0.151. The minimum Gasteiger partial charge on any atom is -0.292 e. The van der Waals surface area contributed by atoms with E-state index in [-0.39, 0.29) is 16.6 Å². The first-order valence-corrected chi connectivity index (χ1v) is 5.80. The predicted molar refractivity (Wildman–Crippen MR) is 67.2 cm³/mol. The van der Waals surface area contributed by atoms with Crippen LogP contribution < -0.4 is 5.56 Å². The highest BCUT2D eigenvalue weighted by atomic mass is 35.5. The summed E-state index contributed by atoms with van der Waals surface area (Å²) in [5.41, 5.74) is 2.21. The number of rotatable bonds is 3. The Bertz CT molecular complexity index is 464. The average molecular weight is 261 g/mol. The number of allylic oxidation sites excluding steroid dienone is 1. The van der Waals surface area contributed by atoms with E-state index in [9.17, 15) is 4.79 Å². The first kappa shape index (κ1) is 13.3. The van der Waals surface area contributed by atoms with Crippen LogP contribution in [-0.2, 0) is 6.54 Å². The van der Waals surface area contributed by atoms with Crippen LogP contribution in [0.5, 0.6) is 0 Å². The van der Waals surface area contributed by atoms with E-state index in [2.05, 4.69) is 4.98 Å². The van der Waals surface area contributed by atoms with Gasteiger partial charge in [0, 0.05) is 24.1 Å². The Balaban J connectivity index is 3.30. The molecule has 1 aromatic rings. The minimum absolute atomic E-state index is 0.134. The monoisotopic (exact) mass is 260 g/mol. The van der Waals surface area contributed by atoms with E-state index in [1.807, 2.05) is 20.8 Å². The van der Waals surface area contributed by atoms with Gasteiger partial charge in [0.2, 0.25) is 0 Å². The van der Waals surface area contributed by atoms with Gasteiger partial charge in [-0.2, -0.15) is 0 Å². The van der Waals surface area contributed by atoms with Gasteiger partial charge in [-0.1, -0.05) is 37.0 Å².